The summed E-state index contributed by atoms with van der Waals surface area (Å²) in [7, 11) is -3.56. The predicted molar refractivity (Wildman–Crippen MR) is 152 cm³/mol. The molecule has 5 fully saturated rings. The second-order valence-corrected chi connectivity index (χ2v) is 14.8. The van der Waals surface area contributed by atoms with E-state index < -0.39 is 10.0 Å². The number of hydrogen-bond acceptors (Lipinski definition) is 6. The van der Waals surface area contributed by atoms with Crippen LogP contribution < -0.4 is 10.2 Å². The standard InChI is InChI=1S/C28H35BrN4O4S/c1-19(28-16-20-12-21(17-28)14-22(13-20)18-28)30-26-15-24(4-7-27(26)33(34)35)31-8-10-32(11-9-31)38(36,37)25-5-2-23(29)3-6-25/h2-7,15,19-22,30H,8-14,16-18H2,1H3. The summed E-state index contributed by atoms with van der Waals surface area (Å²) in [6.45, 7) is 3.99. The molecule has 8 nitrogen and oxygen atoms in total. The first kappa shape index (κ1) is 26.1. The number of halogens is 1. The van der Waals surface area contributed by atoms with Gasteiger partial charge in [0.1, 0.15) is 5.69 Å². The minimum atomic E-state index is -3.56. The summed E-state index contributed by atoms with van der Waals surface area (Å²) in [5.74, 6) is 2.45. The molecule has 4 bridgehead atoms. The highest BCUT2D eigenvalue weighted by atomic mass is 79.9. The molecule has 5 aliphatic rings. The van der Waals surface area contributed by atoms with E-state index >= 15 is 0 Å². The van der Waals surface area contributed by atoms with E-state index in [1.165, 1.54) is 42.8 Å². The summed E-state index contributed by atoms with van der Waals surface area (Å²) >= 11 is 3.35. The average molecular weight is 604 g/mol. The number of nitro benzene ring substituents is 1. The van der Waals surface area contributed by atoms with Crippen LogP contribution in [0.15, 0.2) is 51.8 Å². The van der Waals surface area contributed by atoms with Crippen LogP contribution in [0.3, 0.4) is 0 Å². The molecule has 0 spiro atoms. The fourth-order valence-corrected chi connectivity index (χ4v) is 9.72. The smallest absolute Gasteiger partial charge is 0.292 e. The van der Waals surface area contributed by atoms with Crippen LogP contribution >= 0.6 is 15.9 Å². The maximum atomic E-state index is 13.1. The van der Waals surface area contributed by atoms with Crippen molar-refractivity contribution in [1.82, 2.24) is 4.31 Å². The fraction of sp³-hybridized carbons (Fsp3) is 0.571. The van der Waals surface area contributed by atoms with Crippen LogP contribution in [0.4, 0.5) is 17.1 Å². The lowest BCUT2D eigenvalue weighted by Crippen LogP contribution is -2.53. The second-order valence-electron chi connectivity index (χ2n) is 11.9. The van der Waals surface area contributed by atoms with Gasteiger partial charge in [-0.1, -0.05) is 15.9 Å². The molecule has 1 N–H and O–H groups in total. The first-order valence-corrected chi connectivity index (χ1v) is 15.9. The van der Waals surface area contributed by atoms with E-state index in [2.05, 4.69) is 33.1 Å². The SMILES string of the molecule is CC(Nc1cc(N2CCN(S(=O)(=O)c3ccc(Br)cc3)CC2)ccc1[N+](=O)[O-])C12CC3CC(CC(C3)C1)C2. The Balaban J connectivity index is 1.18. The van der Waals surface area contributed by atoms with E-state index in [4.69, 9.17) is 0 Å². The number of sulfonamides is 1. The summed E-state index contributed by atoms with van der Waals surface area (Å²) < 4.78 is 28.6. The molecule has 1 aliphatic heterocycles. The molecule has 204 valence electrons. The Labute approximate surface area is 233 Å². The quantitative estimate of drug-likeness (QED) is 0.314. The fourth-order valence-electron chi connectivity index (χ4n) is 8.03. The van der Waals surface area contributed by atoms with E-state index in [-0.39, 0.29) is 27.0 Å². The zero-order valence-corrected chi connectivity index (χ0v) is 24.1. The molecule has 38 heavy (non-hydrogen) atoms. The van der Waals surface area contributed by atoms with Gasteiger partial charge in [-0.2, -0.15) is 4.31 Å². The largest absolute Gasteiger partial charge is 0.376 e. The number of rotatable bonds is 7. The normalized spacial score (nSPS) is 29.8. The zero-order chi connectivity index (χ0) is 26.7. The Morgan fingerprint density at radius 2 is 1.55 bits per heavy atom. The number of nitrogens with zero attached hydrogens (tertiary/aromatic N) is 3. The van der Waals surface area contributed by atoms with Crippen LogP contribution in [0.5, 0.6) is 0 Å². The van der Waals surface area contributed by atoms with Gasteiger partial charge in [0.25, 0.3) is 5.69 Å². The molecule has 2 aromatic carbocycles. The molecule has 4 saturated carbocycles. The maximum Gasteiger partial charge on any atom is 0.292 e. The molecule has 0 radical (unpaired) electrons. The highest BCUT2D eigenvalue weighted by Gasteiger charge is 2.53. The van der Waals surface area contributed by atoms with Crippen molar-refractivity contribution in [1.29, 1.82) is 0 Å². The second kappa shape index (κ2) is 9.78. The molecule has 1 saturated heterocycles. The third-order valence-electron chi connectivity index (χ3n) is 9.61. The molecule has 0 aromatic heterocycles. The summed E-state index contributed by atoms with van der Waals surface area (Å²) in [6, 6.07) is 12.1. The number of nitrogens with one attached hydrogen (secondary N) is 1. The highest BCUT2D eigenvalue weighted by Crippen LogP contribution is 2.61. The van der Waals surface area contributed by atoms with Gasteiger partial charge >= 0.3 is 0 Å². The van der Waals surface area contributed by atoms with Crippen LogP contribution in [0.2, 0.25) is 0 Å². The lowest BCUT2D eigenvalue weighted by Gasteiger charge is -2.59. The number of anilines is 2. The lowest BCUT2D eigenvalue weighted by molar-refractivity contribution is -0.384. The Hall–Kier alpha value is -2.17. The van der Waals surface area contributed by atoms with Crippen LogP contribution in [-0.4, -0.2) is 49.9 Å². The van der Waals surface area contributed by atoms with Crippen molar-refractivity contribution in [2.24, 2.45) is 23.2 Å². The summed E-state index contributed by atoms with van der Waals surface area (Å²) in [5.41, 5.74) is 1.78. The van der Waals surface area contributed by atoms with Crippen molar-refractivity contribution in [3.63, 3.8) is 0 Å². The minimum absolute atomic E-state index is 0.0989. The Bertz CT molecular complexity index is 1290. The molecule has 1 atom stereocenters. The van der Waals surface area contributed by atoms with Gasteiger partial charge in [-0.05, 0) is 105 Å². The van der Waals surface area contributed by atoms with Crippen molar-refractivity contribution in [3.05, 3.63) is 57.1 Å². The lowest BCUT2D eigenvalue weighted by atomic mass is 9.48. The van der Waals surface area contributed by atoms with Gasteiger partial charge in [0.05, 0.1) is 9.82 Å². The Morgan fingerprint density at radius 3 is 2.11 bits per heavy atom. The highest BCUT2D eigenvalue weighted by molar-refractivity contribution is 9.10. The number of hydrogen-bond donors (Lipinski definition) is 1. The minimum Gasteiger partial charge on any atom is -0.376 e. The van der Waals surface area contributed by atoms with E-state index in [1.807, 2.05) is 6.07 Å². The molecule has 4 aliphatic carbocycles. The van der Waals surface area contributed by atoms with Crippen molar-refractivity contribution < 1.29 is 13.3 Å². The summed E-state index contributed by atoms with van der Waals surface area (Å²) in [6.07, 6.45) is 7.79. The van der Waals surface area contributed by atoms with Crippen molar-refractivity contribution in [2.45, 2.75) is 56.4 Å². The summed E-state index contributed by atoms with van der Waals surface area (Å²) in [5, 5.41) is 15.5. The van der Waals surface area contributed by atoms with E-state index in [0.29, 0.717) is 31.9 Å². The van der Waals surface area contributed by atoms with Gasteiger partial charge in [-0.3, -0.25) is 10.1 Å². The van der Waals surface area contributed by atoms with Gasteiger partial charge in [-0.25, -0.2) is 8.42 Å². The van der Waals surface area contributed by atoms with Crippen molar-refractivity contribution in [3.8, 4) is 0 Å². The summed E-state index contributed by atoms with van der Waals surface area (Å²) in [4.78, 5) is 14.0. The van der Waals surface area contributed by atoms with Crippen LogP contribution in [-0.2, 0) is 10.0 Å². The molecule has 10 heteroatoms. The van der Waals surface area contributed by atoms with E-state index in [0.717, 1.165) is 27.9 Å². The maximum absolute atomic E-state index is 13.1. The van der Waals surface area contributed by atoms with Gasteiger partial charge in [-0.15, -0.1) is 0 Å². The Morgan fingerprint density at radius 1 is 0.974 bits per heavy atom. The van der Waals surface area contributed by atoms with E-state index in [9.17, 15) is 18.5 Å². The zero-order valence-electron chi connectivity index (χ0n) is 21.7. The topological polar surface area (TPSA) is 95.8 Å². The monoisotopic (exact) mass is 602 g/mol. The first-order chi connectivity index (χ1) is 18.1. The average Bonchev–Trinajstić information content (AvgIpc) is 2.88. The van der Waals surface area contributed by atoms with Gasteiger partial charge in [0.15, 0.2) is 0 Å². The molecular formula is C28H35BrN4O4S. The molecular weight excluding hydrogens is 568 g/mol. The van der Waals surface area contributed by atoms with Gasteiger partial charge in [0, 0.05) is 48.4 Å². The number of benzene rings is 2. The molecule has 1 heterocycles. The van der Waals surface area contributed by atoms with Gasteiger partial charge in [0.2, 0.25) is 10.0 Å². The van der Waals surface area contributed by atoms with Gasteiger partial charge < -0.3 is 10.2 Å². The molecule has 0 amide bonds. The third kappa shape index (κ3) is 4.73. The molecule has 7 rings (SSSR count). The van der Waals surface area contributed by atoms with Crippen molar-refractivity contribution >= 4 is 43.0 Å². The van der Waals surface area contributed by atoms with Crippen molar-refractivity contribution in [2.75, 3.05) is 36.4 Å². The predicted octanol–water partition coefficient (Wildman–Crippen LogP) is 5.89. The molecule has 1 unspecified atom stereocenters. The van der Waals surface area contributed by atoms with Crippen LogP contribution in [0, 0.1) is 33.3 Å². The first-order valence-electron chi connectivity index (χ1n) is 13.7. The van der Waals surface area contributed by atoms with E-state index in [1.54, 1.807) is 36.4 Å². The third-order valence-corrected chi connectivity index (χ3v) is 12.0. The van der Waals surface area contributed by atoms with Crippen LogP contribution in [0.1, 0.15) is 45.4 Å². The number of nitro groups is 1. The molecule has 2 aromatic rings. The van der Waals surface area contributed by atoms with Crippen LogP contribution in [0.25, 0.3) is 0 Å². The Kier molecular flexibility index (Phi) is 6.71. The number of piperazine rings is 1.